The first-order chi connectivity index (χ1) is 8.20. The third-order valence-electron chi connectivity index (χ3n) is 2.72. The summed E-state index contributed by atoms with van der Waals surface area (Å²) in [4.78, 5) is 4.17. The van der Waals surface area contributed by atoms with E-state index in [9.17, 15) is 0 Å². The van der Waals surface area contributed by atoms with Crippen molar-refractivity contribution in [3.8, 4) is 11.6 Å². The summed E-state index contributed by atoms with van der Waals surface area (Å²) in [6.07, 6.45) is 1.71. The minimum Gasteiger partial charge on any atom is -0.439 e. The molecule has 1 aromatic carbocycles. The van der Waals surface area contributed by atoms with Crippen LogP contribution in [-0.2, 0) is 5.88 Å². The van der Waals surface area contributed by atoms with Crippen molar-refractivity contribution in [2.45, 2.75) is 19.7 Å². The first kappa shape index (κ1) is 11.9. The number of pyridine rings is 1. The Morgan fingerprint density at radius 2 is 2.06 bits per heavy atom. The molecule has 0 N–H and O–H groups in total. The molecule has 0 spiro atoms. The van der Waals surface area contributed by atoms with Crippen LogP contribution in [0, 0.1) is 13.8 Å². The number of hydrogen-bond acceptors (Lipinski definition) is 2. The number of ether oxygens (including phenoxy) is 1. The summed E-state index contributed by atoms with van der Waals surface area (Å²) >= 11 is 5.78. The highest BCUT2D eigenvalue weighted by atomic mass is 35.5. The van der Waals surface area contributed by atoms with Crippen LogP contribution >= 0.6 is 11.6 Å². The summed E-state index contributed by atoms with van der Waals surface area (Å²) in [6.45, 7) is 4.10. The molecule has 0 aliphatic heterocycles. The van der Waals surface area contributed by atoms with Gasteiger partial charge in [0.05, 0.1) is 0 Å². The van der Waals surface area contributed by atoms with Crippen molar-refractivity contribution < 1.29 is 4.74 Å². The maximum atomic E-state index is 5.78. The molecule has 0 unspecified atom stereocenters. The van der Waals surface area contributed by atoms with Crippen molar-refractivity contribution in [1.82, 2.24) is 4.98 Å². The van der Waals surface area contributed by atoms with Crippen molar-refractivity contribution in [2.75, 3.05) is 0 Å². The molecule has 2 aromatic rings. The van der Waals surface area contributed by atoms with Gasteiger partial charge in [0, 0.05) is 18.1 Å². The van der Waals surface area contributed by atoms with E-state index in [2.05, 4.69) is 18.0 Å². The lowest BCUT2D eigenvalue weighted by Gasteiger charge is -2.09. The molecule has 3 heteroatoms. The Balaban J connectivity index is 2.28. The Labute approximate surface area is 106 Å². The van der Waals surface area contributed by atoms with Gasteiger partial charge in [-0.2, -0.15) is 0 Å². The molecule has 1 heterocycles. The maximum Gasteiger partial charge on any atom is 0.219 e. The number of aryl methyl sites for hydroxylation is 1. The molecule has 0 aliphatic rings. The van der Waals surface area contributed by atoms with E-state index in [1.165, 1.54) is 5.56 Å². The van der Waals surface area contributed by atoms with Crippen LogP contribution in [0.4, 0.5) is 0 Å². The number of rotatable bonds is 3. The number of hydrogen-bond donors (Lipinski definition) is 0. The van der Waals surface area contributed by atoms with E-state index in [1.54, 1.807) is 6.20 Å². The Hall–Kier alpha value is -1.54. The molecule has 0 saturated carbocycles. The molecular formula is C14H14ClNO. The van der Waals surface area contributed by atoms with Crippen LogP contribution in [0.15, 0.2) is 36.5 Å². The van der Waals surface area contributed by atoms with Gasteiger partial charge in [0.1, 0.15) is 5.75 Å². The first-order valence-electron chi connectivity index (χ1n) is 5.45. The Morgan fingerprint density at radius 1 is 1.24 bits per heavy atom. The number of benzene rings is 1. The molecule has 0 atom stereocenters. The van der Waals surface area contributed by atoms with E-state index >= 15 is 0 Å². The lowest BCUT2D eigenvalue weighted by atomic mass is 10.1. The standard InChI is InChI=1S/C14H14ClNO/c1-10-4-3-5-13(11(10)2)17-14-8-12(9-15)6-7-16-14/h3-8H,9H2,1-2H3. The fourth-order valence-electron chi connectivity index (χ4n) is 1.54. The van der Waals surface area contributed by atoms with E-state index < -0.39 is 0 Å². The molecular weight excluding hydrogens is 234 g/mol. The van der Waals surface area contributed by atoms with Crippen LogP contribution in [0.1, 0.15) is 16.7 Å². The second-order valence-corrected chi connectivity index (χ2v) is 4.20. The minimum atomic E-state index is 0.464. The third-order valence-corrected chi connectivity index (χ3v) is 3.03. The van der Waals surface area contributed by atoms with E-state index in [4.69, 9.17) is 16.3 Å². The fraction of sp³-hybridized carbons (Fsp3) is 0.214. The SMILES string of the molecule is Cc1cccc(Oc2cc(CCl)ccn2)c1C. The predicted octanol–water partition coefficient (Wildman–Crippen LogP) is 4.23. The summed E-state index contributed by atoms with van der Waals surface area (Å²) in [5.74, 6) is 1.88. The number of nitrogens with zero attached hydrogens (tertiary/aromatic N) is 1. The molecule has 1 aromatic heterocycles. The lowest BCUT2D eigenvalue weighted by Crippen LogP contribution is -1.92. The molecule has 0 radical (unpaired) electrons. The summed E-state index contributed by atoms with van der Waals surface area (Å²) in [7, 11) is 0. The monoisotopic (exact) mass is 247 g/mol. The predicted molar refractivity (Wildman–Crippen MR) is 69.8 cm³/mol. The van der Waals surface area contributed by atoms with Gasteiger partial charge in [-0.1, -0.05) is 12.1 Å². The second-order valence-electron chi connectivity index (χ2n) is 3.94. The first-order valence-corrected chi connectivity index (χ1v) is 5.99. The van der Waals surface area contributed by atoms with Gasteiger partial charge >= 0.3 is 0 Å². The van der Waals surface area contributed by atoms with Gasteiger partial charge < -0.3 is 4.74 Å². The maximum absolute atomic E-state index is 5.78. The largest absolute Gasteiger partial charge is 0.439 e. The Kier molecular flexibility index (Phi) is 3.64. The quantitative estimate of drug-likeness (QED) is 0.758. The molecule has 0 saturated heterocycles. The zero-order valence-corrected chi connectivity index (χ0v) is 10.7. The van der Waals surface area contributed by atoms with Gasteiger partial charge in [0.25, 0.3) is 0 Å². The highest BCUT2D eigenvalue weighted by Crippen LogP contribution is 2.26. The highest BCUT2D eigenvalue weighted by Gasteiger charge is 2.04. The molecule has 88 valence electrons. The van der Waals surface area contributed by atoms with Crippen molar-refractivity contribution in [3.63, 3.8) is 0 Å². The van der Waals surface area contributed by atoms with Crippen LogP contribution in [-0.4, -0.2) is 4.98 Å². The molecule has 0 amide bonds. The van der Waals surface area contributed by atoms with Gasteiger partial charge in [-0.15, -0.1) is 11.6 Å². The van der Waals surface area contributed by atoms with Gasteiger partial charge in [-0.05, 0) is 42.7 Å². The van der Waals surface area contributed by atoms with Gasteiger partial charge in [0.2, 0.25) is 5.88 Å². The third kappa shape index (κ3) is 2.77. The van der Waals surface area contributed by atoms with E-state index in [-0.39, 0.29) is 0 Å². The van der Waals surface area contributed by atoms with Crippen LogP contribution in [0.3, 0.4) is 0 Å². The zero-order chi connectivity index (χ0) is 12.3. The van der Waals surface area contributed by atoms with Crippen molar-refractivity contribution in [1.29, 1.82) is 0 Å². The van der Waals surface area contributed by atoms with Crippen LogP contribution in [0.5, 0.6) is 11.6 Å². The smallest absolute Gasteiger partial charge is 0.219 e. The Bertz CT molecular complexity index is 525. The van der Waals surface area contributed by atoms with Crippen LogP contribution in [0.2, 0.25) is 0 Å². The molecule has 0 fully saturated rings. The molecule has 2 rings (SSSR count). The molecule has 0 bridgehead atoms. The summed E-state index contributed by atoms with van der Waals surface area (Å²) in [5, 5.41) is 0. The van der Waals surface area contributed by atoms with Crippen LogP contribution in [0.25, 0.3) is 0 Å². The van der Waals surface area contributed by atoms with Gasteiger partial charge in [0.15, 0.2) is 0 Å². The van der Waals surface area contributed by atoms with E-state index in [1.807, 2.05) is 31.2 Å². The highest BCUT2D eigenvalue weighted by molar-refractivity contribution is 6.17. The average Bonchev–Trinajstić information content (AvgIpc) is 2.35. The minimum absolute atomic E-state index is 0.464. The second kappa shape index (κ2) is 5.19. The molecule has 17 heavy (non-hydrogen) atoms. The molecule has 2 nitrogen and oxygen atoms in total. The number of alkyl halides is 1. The number of aromatic nitrogens is 1. The van der Waals surface area contributed by atoms with E-state index in [0.29, 0.717) is 11.8 Å². The number of halogens is 1. The molecule has 0 aliphatic carbocycles. The van der Waals surface area contributed by atoms with Crippen molar-refractivity contribution >= 4 is 11.6 Å². The summed E-state index contributed by atoms with van der Waals surface area (Å²) in [5.41, 5.74) is 3.34. The van der Waals surface area contributed by atoms with Gasteiger partial charge in [-0.3, -0.25) is 0 Å². The van der Waals surface area contributed by atoms with Crippen LogP contribution < -0.4 is 4.74 Å². The summed E-state index contributed by atoms with van der Waals surface area (Å²) < 4.78 is 5.76. The Morgan fingerprint density at radius 3 is 2.82 bits per heavy atom. The summed E-state index contributed by atoms with van der Waals surface area (Å²) in [6, 6.07) is 9.71. The van der Waals surface area contributed by atoms with E-state index in [0.717, 1.165) is 16.9 Å². The van der Waals surface area contributed by atoms with Crippen molar-refractivity contribution in [3.05, 3.63) is 53.2 Å². The van der Waals surface area contributed by atoms with Crippen molar-refractivity contribution in [2.24, 2.45) is 0 Å². The zero-order valence-electron chi connectivity index (χ0n) is 9.90. The van der Waals surface area contributed by atoms with Gasteiger partial charge in [-0.25, -0.2) is 4.98 Å². The fourth-order valence-corrected chi connectivity index (χ4v) is 1.70. The average molecular weight is 248 g/mol. The normalized spacial score (nSPS) is 10.3. The lowest BCUT2D eigenvalue weighted by molar-refractivity contribution is 0.458. The topological polar surface area (TPSA) is 22.1 Å².